The third-order valence-corrected chi connectivity index (χ3v) is 1.39. The Morgan fingerprint density at radius 3 is 1.57 bits per heavy atom. The minimum Gasteiger partial charge on any atom is -0.481 e. The zero-order valence-corrected chi connectivity index (χ0v) is 16.1. The van der Waals surface area contributed by atoms with Gasteiger partial charge in [0.2, 0.25) is 0 Å². The van der Waals surface area contributed by atoms with Crippen LogP contribution in [-0.4, -0.2) is 21.4 Å². The molecule has 6 nitrogen and oxygen atoms in total. The van der Waals surface area contributed by atoms with Gasteiger partial charge in [-0.25, -0.2) is 0 Å². The van der Waals surface area contributed by atoms with Crippen molar-refractivity contribution in [3.63, 3.8) is 0 Å². The van der Waals surface area contributed by atoms with Crippen LogP contribution in [0.4, 0.5) is 0 Å². The highest BCUT2D eigenvalue weighted by atomic mass is 16.5. The summed E-state index contributed by atoms with van der Waals surface area (Å²) in [6, 6.07) is 3.33. The molecule has 0 fully saturated rings. The van der Waals surface area contributed by atoms with Gasteiger partial charge in [0.15, 0.2) is 0 Å². The zero-order valence-electron chi connectivity index (χ0n) is 16.1. The molecule has 2 rings (SSSR count). The molecule has 23 heavy (non-hydrogen) atoms. The van der Waals surface area contributed by atoms with Gasteiger partial charge in [-0.15, -0.1) is 0 Å². The van der Waals surface area contributed by atoms with Crippen molar-refractivity contribution in [1.82, 2.24) is 10.3 Å². The molecule has 0 unspecified atom stereocenters. The standard InChI is InChI=1S/C5H5NO3.C4H5NO.4C2H6/c7-5(8)3-4-1-2-9-6-4;1-4-2-3-6-5-4;4*1-2/h1-2H,3H2,(H,7,8);2-3H,1H3;4*1-2H3. The molecular weight excluding hydrogens is 296 g/mol. The van der Waals surface area contributed by atoms with Crippen molar-refractivity contribution in [2.24, 2.45) is 0 Å². The first-order valence-corrected chi connectivity index (χ1v) is 8.16. The van der Waals surface area contributed by atoms with Crippen LogP contribution in [0.5, 0.6) is 0 Å². The quantitative estimate of drug-likeness (QED) is 0.794. The van der Waals surface area contributed by atoms with E-state index in [1.807, 2.05) is 62.3 Å². The van der Waals surface area contributed by atoms with Gasteiger partial charge in [-0.3, -0.25) is 4.79 Å². The number of aromatic nitrogens is 2. The summed E-state index contributed by atoms with van der Waals surface area (Å²) >= 11 is 0. The van der Waals surface area contributed by atoms with Crippen LogP contribution in [0.1, 0.15) is 66.8 Å². The van der Waals surface area contributed by atoms with Gasteiger partial charge in [-0.05, 0) is 6.92 Å². The summed E-state index contributed by atoms with van der Waals surface area (Å²) in [6.07, 6.45) is 2.82. The Morgan fingerprint density at radius 1 is 0.913 bits per heavy atom. The normalized spacial score (nSPS) is 7.00. The summed E-state index contributed by atoms with van der Waals surface area (Å²) in [5.41, 5.74) is 1.37. The molecule has 0 aliphatic heterocycles. The van der Waals surface area contributed by atoms with Crippen molar-refractivity contribution in [3.8, 4) is 0 Å². The molecule has 0 aliphatic carbocycles. The Bertz CT molecular complexity index is 385. The molecule has 2 aromatic heterocycles. The first kappa shape index (κ1) is 29.0. The molecule has 0 atom stereocenters. The van der Waals surface area contributed by atoms with E-state index in [9.17, 15) is 4.79 Å². The maximum Gasteiger partial charge on any atom is 0.309 e. The van der Waals surface area contributed by atoms with Gasteiger partial charge in [0.1, 0.15) is 12.5 Å². The fraction of sp³-hybridized carbons (Fsp3) is 0.588. The van der Waals surface area contributed by atoms with Crippen LogP contribution >= 0.6 is 0 Å². The van der Waals surface area contributed by atoms with Crippen LogP contribution in [0.3, 0.4) is 0 Å². The number of aryl methyl sites for hydroxylation is 1. The lowest BCUT2D eigenvalue weighted by Crippen LogP contribution is -1.99. The van der Waals surface area contributed by atoms with E-state index in [-0.39, 0.29) is 6.42 Å². The van der Waals surface area contributed by atoms with Crippen molar-refractivity contribution in [1.29, 1.82) is 0 Å². The second-order valence-corrected chi connectivity index (χ2v) is 2.70. The van der Waals surface area contributed by atoms with E-state index in [2.05, 4.69) is 19.4 Å². The highest BCUT2D eigenvalue weighted by Gasteiger charge is 2.01. The number of hydrogen-bond donors (Lipinski definition) is 1. The average molecular weight is 330 g/mol. The zero-order chi connectivity index (χ0) is 19.1. The predicted octanol–water partition coefficient (Wildman–Crippen LogP) is 5.39. The van der Waals surface area contributed by atoms with Gasteiger partial charge < -0.3 is 14.2 Å². The van der Waals surface area contributed by atoms with Crippen molar-refractivity contribution in [2.75, 3.05) is 0 Å². The molecular formula is C17H34N2O4. The molecule has 0 amide bonds. The van der Waals surface area contributed by atoms with Crippen LogP contribution in [-0.2, 0) is 11.2 Å². The van der Waals surface area contributed by atoms with Crippen LogP contribution < -0.4 is 0 Å². The minimum atomic E-state index is -0.899. The molecule has 136 valence electrons. The molecule has 0 saturated carbocycles. The predicted molar refractivity (Wildman–Crippen MR) is 94.5 cm³/mol. The Labute approximate surface area is 140 Å². The lowest BCUT2D eigenvalue weighted by molar-refractivity contribution is -0.136. The number of rotatable bonds is 2. The second kappa shape index (κ2) is 28.1. The molecule has 0 aromatic carbocycles. The van der Waals surface area contributed by atoms with E-state index < -0.39 is 5.97 Å². The smallest absolute Gasteiger partial charge is 0.309 e. The topological polar surface area (TPSA) is 89.4 Å². The summed E-state index contributed by atoms with van der Waals surface area (Å²) in [4.78, 5) is 9.98. The SMILES string of the molecule is CC.CC.CC.CC.Cc1ccon1.O=C(O)Cc1ccon1. The second-order valence-electron chi connectivity index (χ2n) is 2.70. The number of carboxylic acids is 1. The lowest BCUT2D eigenvalue weighted by Gasteiger charge is -1.82. The summed E-state index contributed by atoms with van der Waals surface area (Å²) in [5, 5.41) is 15.1. The third kappa shape index (κ3) is 25.2. The van der Waals surface area contributed by atoms with E-state index in [1.165, 1.54) is 12.3 Å². The Morgan fingerprint density at radius 2 is 1.35 bits per heavy atom. The largest absolute Gasteiger partial charge is 0.481 e. The van der Waals surface area contributed by atoms with Gasteiger partial charge in [0.25, 0.3) is 0 Å². The molecule has 6 heteroatoms. The molecule has 0 bridgehead atoms. The van der Waals surface area contributed by atoms with Crippen molar-refractivity contribution >= 4 is 5.97 Å². The summed E-state index contributed by atoms with van der Waals surface area (Å²) in [5.74, 6) is -0.899. The van der Waals surface area contributed by atoms with Crippen LogP contribution in [0.2, 0.25) is 0 Å². The van der Waals surface area contributed by atoms with E-state index in [0.717, 1.165) is 5.69 Å². The van der Waals surface area contributed by atoms with Crippen molar-refractivity contribution in [3.05, 3.63) is 36.0 Å². The molecule has 0 spiro atoms. The number of nitrogens with zero attached hydrogens (tertiary/aromatic N) is 2. The fourth-order valence-corrected chi connectivity index (χ4v) is 0.757. The lowest BCUT2D eigenvalue weighted by atomic mass is 10.3. The summed E-state index contributed by atoms with van der Waals surface area (Å²) in [6.45, 7) is 17.9. The molecule has 0 saturated heterocycles. The Balaban J connectivity index is -0.000000113. The maximum atomic E-state index is 9.98. The van der Waals surface area contributed by atoms with Crippen molar-refractivity contribution in [2.45, 2.75) is 68.7 Å². The third-order valence-electron chi connectivity index (χ3n) is 1.39. The Hall–Kier alpha value is -2.11. The highest BCUT2D eigenvalue weighted by molar-refractivity contribution is 5.69. The minimum absolute atomic E-state index is 0.0729. The fourth-order valence-electron chi connectivity index (χ4n) is 0.757. The highest BCUT2D eigenvalue weighted by Crippen LogP contribution is 1.94. The van der Waals surface area contributed by atoms with E-state index >= 15 is 0 Å². The van der Waals surface area contributed by atoms with Crippen molar-refractivity contribution < 1.29 is 18.9 Å². The first-order chi connectivity index (χ1) is 11.2. The maximum absolute atomic E-state index is 9.98. The van der Waals surface area contributed by atoms with Crippen LogP contribution in [0.25, 0.3) is 0 Å². The summed E-state index contributed by atoms with van der Waals surface area (Å²) < 4.78 is 8.87. The van der Waals surface area contributed by atoms with Gasteiger partial charge in [0.05, 0.1) is 17.8 Å². The van der Waals surface area contributed by atoms with E-state index in [0.29, 0.717) is 5.69 Å². The Kier molecular flexibility index (Phi) is 35.4. The number of hydrogen-bond acceptors (Lipinski definition) is 5. The van der Waals surface area contributed by atoms with E-state index in [4.69, 9.17) is 5.11 Å². The average Bonchev–Trinajstić information content (AvgIpc) is 3.29. The number of carboxylic acid groups (broad SMARTS) is 1. The molecule has 2 aromatic rings. The molecule has 0 radical (unpaired) electrons. The van der Waals surface area contributed by atoms with E-state index in [1.54, 1.807) is 12.3 Å². The van der Waals surface area contributed by atoms with Gasteiger partial charge >= 0.3 is 5.97 Å². The van der Waals surface area contributed by atoms with Crippen LogP contribution in [0, 0.1) is 6.92 Å². The first-order valence-electron chi connectivity index (χ1n) is 8.16. The monoisotopic (exact) mass is 330 g/mol. The number of aliphatic carboxylic acids is 1. The van der Waals surface area contributed by atoms with Gasteiger partial charge in [-0.1, -0.05) is 65.7 Å². The van der Waals surface area contributed by atoms with Gasteiger partial charge in [0, 0.05) is 12.1 Å². The number of carbonyl (C=O) groups is 1. The molecule has 0 aliphatic rings. The summed E-state index contributed by atoms with van der Waals surface area (Å²) in [7, 11) is 0. The van der Waals surface area contributed by atoms with Gasteiger partial charge in [-0.2, -0.15) is 0 Å². The molecule has 2 heterocycles. The van der Waals surface area contributed by atoms with Crippen LogP contribution in [0.15, 0.2) is 33.7 Å². The molecule has 1 N–H and O–H groups in total.